The van der Waals surface area contributed by atoms with Crippen LogP contribution in [0.15, 0.2) is 18.2 Å². The highest BCUT2D eigenvalue weighted by molar-refractivity contribution is 14.1. The number of nitro groups is 1. The molecule has 1 saturated carbocycles. The van der Waals surface area contributed by atoms with Gasteiger partial charge in [0.25, 0.3) is 11.6 Å². The van der Waals surface area contributed by atoms with Gasteiger partial charge in [0.1, 0.15) is 0 Å². The number of carbonyl (C=O) groups excluding carboxylic acids is 1. The minimum absolute atomic E-state index is 0.0496. The van der Waals surface area contributed by atoms with Gasteiger partial charge in [-0.05, 0) is 47.3 Å². The molecule has 0 aliphatic heterocycles. The van der Waals surface area contributed by atoms with Crippen molar-refractivity contribution in [3.05, 3.63) is 37.4 Å². The van der Waals surface area contributed by atoms with E-state index in [0.29, 0.717) is 10.8 Å². The number of nitrogens with zero attached hydrogens (tertiary/aromatic N) is 1. The van der Waals surface area contributed by atoms with Gasteiger partial charge in [0.2, 0.25) is 0 Å². The molecule has 5 nitrogen and oxygen atoms in total. The molecule has 1 fully saturated rings. The van der Waals surface area contributed by atoms with E-state index in [2.05, 4.69) is 12.2 Å². The van der Waals surface area contributed by atoms with E-state index in [1.807, 2.05) is 34.4 Å². The molecule has 1 aromatic carbocycles. The molecular formula is C14H17IN2O3S. The summed E-state index contributed by atoms with van der Waals surface area (Å²) in [4.78, 5) is 22.8. The summed E-state index contributed by atoms with van der Waals surface area (Å²) in [6.45, 7) is 2.12. The first-order valence-corrected chi connectivity index (χ1v) is 9.02. The van der Waals surface area contributed by atoms with Gasteiger partial charge in [-0.15, -0.1) is 0 Å². The van der Waals surface area contributed by atoms with Crippen molar-refractivity contribution in [1.82, 2.24) is 5.32 Å². The molecule has 7 heteroatoms. The van der Waals surface area contributed by atoms with Crippen molar-refractivity contribution in [2.24, 2.45) is 0 Å². The Hall–Kier alpha value is -0.830. The van der Waals surface area contributed by atoms with Gasteiger partial charge >= 0.3 is 0 Å². The first-order valence-electron chi connectivity index (χ1n) is 6.89. The molecule has 1 aromatic rings. The molecule has 1 aliphatic carbocycles. The molecule has 0 spiro atoms. The van der Waals surface area contributed by atoms with Crippen molar-refractivity contribution >= 4 is 45.9 Å². The molecule has 2 rings (SSSR count). The third-order valence-corrected chi connectivity index (χ3v) is 5.82. The van der Waals surface area contributed by atoms with Crippen LogP contribution in [-0.4, -0.2) is 27.9 Å². The number of nitrogens with one attached hydrogen (secondary N) is 1. The van der Waals surface area contributed by atoms with E-state index >= 15 is 0 Å². The predicted molar refractivity (Wildman–Crippen MR) is 92.8 cm³/mol. The van der Waals surface area contributed by atoms with Crippen molar-refractivity contribution in [3.63, 3.8) is 0 Å². The summed E-state index contributed by atoms with van der Waals surface area (Å²) in [6.07, 6.45) is 3.22. The van der Waals surface area contributed by atoms with Crippen LogP contribution in [0, 0.1) is 13.7 Å². The Labute approximate surface area is 141 Å². The molecule has 2 atom stereocenters. The molecule has 0 aromatic heterocycles. The van der Waals surface area contributed by atoms with Gasteiger partial charge in [0.15, 0.2) is 0 Å². The number of thioether (sulfide) groups is 1. The van der Waals surface area contributed by atoms with Crippen LogP contribution in [-0.2, 0) is 0 Å². The predicted octanol–water partition coefficient (Wildman–Crippen LogP) is 3.60. The topological polar surface area (TPSA) is 72.2 Å². The SMILES string of the molecule is CCSC1CCCC1NC(=O)c1cc([N+](=O)[O-])ccc1I. The number of halogens is 1. The Morgan fingerprint density at radius 3 is 2.95 bits per heavy atom. The van der Waals surface area contributed by atoms with Gasteiger partial charge in [-0.3, -0.25) is 14.9 Å². The average molecular weight is 420 g/mol. The largest absolute Gasteiger partial charge is 0.348 e. The van der Waals surface area contributed by atoms with Gasteiger partial charge in [0.05, 0.1) is 10.5 Å². The molecular weight excluding hydrogens is 403 g/mol. The third kappa shape index (κ3) is 4.09. The second-order valence-corrected chi connectivity index (χ2v) is 7.60. The normalized spacial score (nSPS) is 21.2. The second kappa shape index (κ2) is 7.44. The number of benzene rings is 1. The van der Waals surface area contributed by atoms with Crippen LogP contribution in [0.2, 0.25) is 0 Å². The highest BCUT2D eigenvalue weighted by Crippen LogP contribution is 2.30. The lowest BCUT2D eigenvalue weighted by Crippen LogP contribution is -2.39. The number of amides is 1. The van der Waals surface area contributed by atoms with Crippen LogP contribution in [0.5, 0.6) is 0 Å². The number of nitro benzene ring substituents is 1. The molecule has 0 bridgehead atoms. The summed E-state index contributed by atoms with van der Waals surface area (Å²) < 4.78 is 0.730. The standard InChI is InChI=1S/C14H17IN2O3S/c1-2-21-13-5-3-4-12(13)16-14(18)10-8-9(17(19)20)6-7-11(10)15/h6-8,12-13H,2-5H2,1H3,(H,16,18). The lowest BCUT2D eigenvalue weighted by atomic mass is 10.1. The molecule has 1 N–H and O–H groups in total. The zero-order chi connectivity index (χ0) is 15.4. The third-order valence-electron chi connectivity index (χ3n) is 3.56. The summed E-state index contributed by atoms with van der Waals surface area (Å²) in [5.41, 5.74) is 0.336. The quantitative estimate of drug-likeness (QED) is 0.449. The lowest BCUT2D eigenvalue weighted by Gasteiger charge is -2.20. The van der Waals surface area contributed by atoms with Crippen molar-refractivity contribution in [3.8, 4) is 0 Å². The first-order chi connectivity index (χ1) is 10.0. The Morgan fingerprint density at radius 2 is 2.29 bits per heavy atom. The van der Waals surface area contributed by atoms with Gasteiger partial charge in [-0.25, -0.2) is 0 Å². The molecule has 2 unspecified atom stereocenters. The van der Waals surface area contributed by atoms with Crippen molar-refractivity contribution in [2.45, 2.75) is 37.5 Å². The number of hydrogen-bond acceptors (Lipinski definition) is 4. The maximum absolute atomic E-state index is 12.4. The molecule has 1 aliphatic rings. The van der Waals surface area contributed by atoms with Gasteiger partial charge < -0.3 is 5.32 Å². The van der Waals surface area contributed by atoms with E-state index < -0.39 is 4.92 Å². The van der Waals surface area contributed by atoms with Crippen molar-refractivity contribution in [2.75, 3.05) is 5.75 Å². The fraction of sp³-hybridized carbons (Fsp3) is 0.500. The minimum Gasteiger partial charge on any atom is -0.348 e. The van der Waals surface area contributed by atoms with E-state index in [9.17, 15) is 14.9 Å². The van der Waals surface area contributed by atoms with Gasteiger partial charge in [0, 0.05) is 27.0 Å². The molecule has 114 valence electrons. The highest BCUT2D eigenvalue weighted by atomic mass is 127. The van der Waals surface area contributed by atoms with Crippen LogP contribution in [0.3, 0.4) is 0 Å². The summed E-state index contributed by atoms with van der Waals surface area (Å²) in [5, 5.41) is 14.3. The van der Waals surface area contributed by atoms with Crippen LogP contribution >= 0.6 is 34.4 Å². The maximum Gasteiger partial charge on any atom is 0.270 e. The first kappa shape index (κ1) is 16.5. The fourth-order valence-electron chi connectivity index (χ4n) is 2.55. The number of rotatable bonds is 5. The monoisotopic (exact) mass is 420 g/mol. The Balaban J connectivity index is 2.13. The van der Waals surface area contributed by atoms with E-state index in [0.717, 1.165) is 28.6 Å². The maximum atomic E-state index is 12.4. The number of carbonyl (C=O) groups is 1. The Bertz CT molecular complexity index is 553. The summed E-state index contributed by atoms with van der Waals surface area (Å²) in [6, 6.07) is 4.55. The minimum atomic E-state index is -0.474. The second-order valence-electron chi connectivity index (χ2n) is 4.93. The molecule has 0 saturated heterocycles. The fourth-order valence-corrected chi connectivity index (χ4v) is 4.33. The summed E-state index contributed by atoms with van der Waals surface area (Å²) in [7, 11) is 0. The lowest BCUT2D eigenvalue weighted by molar-refractivity contribution is -0.384. The highest BCUT2D eigenvalue weighted by Gasteiger charge is 2.29. The van der Waals surface area contributed by atoms with E-state index in [1.54, 1.807) is 6.07 Å². The average Bonchev–Trinajstić information content (AvgIpc) is 2.86. The van der Waals surface area contributed by atoms with Crippen molar-refractivity contribution < 1.29 is 9.72 Å². The zero-order valence-corrected chi connectivity index (χ0v) is 14.6. The Morgan fingerprint density at radius 1 is 1.52 bits per heavy atom. The molecule has 0 radical (unpaired) electrons. The van der Waals surface area contributed by atoms with Crippen LogP contribution in [0.25, 0.3) is 0 Å². The van der Waals surface area contributed by atoms with Crippen LogP contribution < -0.4 is 5.32 Å². The smallest absolute Gasteiger partial charge is 0.270 e. The number of hydrogen-bond donors (Lipinski definition) is 1. The number of non-ortho nitro benzene ring substituents is 1. The molecule has 0 heterocycles. The van der Waals surface area contributed by atoms with Crippen LogP contribution in [0.1, 0.15) is 36.5 Å². The van der Waals surface area contributed by atoms with E-state index in [-0.39, 0.29) is 17.6 Å². The molecule has 21 heavy (non-hydrogen) atoms. The van der Waals surface area contributed by atoms with Crippen LogP contribution in [0.4, 0.5) is 5.69 Å². The Kier molecular flexibility index (Phi) is 5.86. The van der Waals surface area contributed by atoms with Gasteiger partial charge in [-0.1, -0.05) is 13.3 Å². The summed E-state index contributed by atoms with van der Waals surface area (Å²) in [5.74, 6) is 0.822. The van der Waals surface area contributed by atoms with E-state index in [1.165, 1.54) is 12.1 Å². The van der Waals surface area contributed by atoms with Gasteiger partial charge in [-0.2, -0.15) is 11.8 Å². The van der Waals surface area contributed by atoms with Crippen molar-refractivity contribution in [1.29, 1.82) is 0 Å². The molecule has 1 amide bonds. The summed E-state index contributed by atoms with van der Waals surface area (Å²) >= 11 is 3.91. The zero-order valence-electron chi connectivity index (χ0n) is 11.7. The van der Waals surface area contributed by atoms with E-state index in [4.69, 9.17) is 0 Å².